The first kappa shape index (κ1) is 17.7. The van der Waals surface area contributed by atoms with Crippen LogP contribution >= 0.6 is 0 Å². The molecule has 5 nitrogen and oxygen atoms in total. The van der Waals surface area contributed by atoms with Crippen LogP contribution in [0, 0.1) is 0 Å². The molecule has 0 aliphatic rings. The minimum Gasteiger partial charge on any atom is -0.497 e. The van der Waals surface area contributed by atoms with Gasteiger partial charge >= 0.3 is 0 Å². The molecule has 1 unspecified atom stereocenters. The Morgan fingerprint density at radius 2 is 1.96 bits per heavy atom. The molecule has 0 spiro atoms. The number of ether oxygens (including phenoxy) is 1. The Labute approximate surface area is 153 Å². The number of benzene rings is 2. The Bertz CT molecular complexity index is 858. The van der Waals surface area contributed by atoms with Crippen LogP contribution in [0.3, 0.4) is 0 Å². The third kappa shape index (κ3) is 4.11. The van der Waals surface area contributed by atoms with Gasteiger partial charge < -0.3 is 14.6 Å². The minimum atomic E-state index is -0.166. The molecule has 2 aromatic carbocycles. The molecular weight excluding hydrogens is 328 g/mol. The van der Waals surface area contributed by atoms with Crippen LogP contribution in [-0.4, -0.2) is 18.2 Å². The number of amides is 1. The highest BCUT2D eigenvalue weighted by atomic mass is 16.5. The fourth-order valence-electron chi connectivity index (χ4n) is 2.87. The van der Waals surface area contributed by atoms with E-state index in [0.29, 0.717) is 18.0 Å². The largest absolute Gasteiger partial charge is 0.497 e. The lowest BCUT2D eigenvalue weighted by molar-refractivity contribution is -0.122. The van der Waals surface area contributed by atoms with Gasteiger partial charge in [0.25, 0.3) is 0 Å². The van der Waals surface area contributed by atoms with Crippen LogP contribution < -0.4 is 10.1 Å². The molecule has 1 aromatic heterocycles. The van der Waals surface area contributed by atoms with Gasteiger partial charge in [0.2, 0.25) is 5.91 Å². The Balaban J connectivity index is 1.65. The molecule has 3 rings (SSSR count). The van der Waals surface area contributed by atoms with Gasteiger partial charge in [-0.15, -0.1) is 0 Å². The zero-order chi connectivity index (χ0) is 18.4. The first-order valence-electron chi connectivity index (χ1n) is 8.64. The first-order chi connectivity index (χ1) is 12.7. The molecule has 0 radical (unpaired) electrons. The van der Waals surface area contributed by atoms with Crippen molar-refractivity contribution in [2.75, 3.05) is 7.11 Å². The van der Waals surface area contributed by atoms with Crippen molar-refractivity contribution in [2.24, 2.45) is 0 Å². The van der Waals surface area contributed by atoms with E-state index in [4.69, 9.17) is 9.26 Å². The second kappa shape index (κ2) is 8.34. The van der Waals surface area contributed by atoms with E-state index in [1.807, 2.05) is 67.6 Å². The summed E-state index contributed by atoms with van der Waals surface area (Å²) in [6, 6.07) is 19.2. The van der Waals surface area contributed by atoms with Gasteiger partial charge in [-0.25, -0.2) is 0 Å². The average Bonchev–Trinajstić information content (AvgIpc) is 3.17. The summed E-state index contributed by atoms with van der Waals surface area (Å²) >= 11 is 0. The SMILES string of the molecule is CCC(C(=O)NCc1cc(-c2cccc(OC)c2)on1)c1ccccc1. The van der Waals surface area contributed by atoms with Crippen LogP contribution in [0.2, 0.25) is 0 Å². The Morgan fingerprint density at radius 1 is 1.15 bits per heavy atom. The van der Waals surface area contributed by atoms with Crippen LogP contribution in [0.5, 0.6) is 5.75 Å². The topological polar surface area (TPSA) is 64.4 Å². The number of nitrogens with zero attached hydrogens (tertiary/aromatic N) is 1. The highest BCUT2D eigenvalue weighted by Gasteiger charge is 2.18. The molecule has 0 fully saturated rings. The van der Waals surface area contributed by atoms with E-state index < -0.39 is 0 Å². The molecule has 0 aliphatic carbocycles. The highest BCUT2D eigenvalue weighted by molar-refractivity contribution is 5.83. The number of aromatic nitrogens is 1. The average molecular weight is 350 g/mol. The standard InChI is InChI=1S/C21H22N2O3/c1-3-19(15-8-5-4-6-9-15)21(24)22-14-17-13-20(26-23-17)16-10-7-11-18(12-16)25-2/h4-13,19H,3,14H2,1-2H3,(H,22,24). The molecule has 5 heteroatoms. The lowest BCUT2D eigenvalue weighted by Gasteiger charge is -2.14. The second-order valence-electron chi connectivity index (χ2n) is 6.00. The van der Waals surface area contributed by atoms with Gasteiger partial charge in [0.15, 0.2) is 5.76 Å². The molecular formula is C21H22N2O3. The normalized spacial score (nSPS) is 11.8. The predicted octanol–water partition coefficient (Wildman–Crippen LogP) is 4.16. The number of carbonyl (C=O) groups excluding carboxylic acids is 1. The smallest absolute Gasteiger partial charge is 0.227 e. The predicted molar refractivity (Wildman–Crippen MR) is 99.8 cm³/mol. The van der Waals surface area contributed by atoms with Crippen LogP contribution in [0.1, 0.15) is 30.5 Å². The number of rotatable bonds is 7. The van der Waals surface area contributed by atoms with Crippen molar-refractivity contribution in [3.05, 3.63) is 71.9 Å². The lowest BCUT2D eigenvalue weighted by atomic mass is 9.96. The third-order valence-electron chi connectivity index (χ3n) is 4.28. The van der Waals surface area contributed by atoms with E-state index in [2.05, 4.69) is 10.5 Å². The molecule has 1 atom stereocenters. The van der Waals surface area contributed by atoms with E-state index >= 15 is 0 Å². The molecule has 1 amide bonds. The summed E-state index contributed by atoms with van der Waals surface area (Å²) in [5, 5.41) is 7.00. The van der Waals surface area contributed by atoms with Gasteiger partial charge in [-0.2, -0.15) is 0 Å². The van der Waals surface area contributed by atoms with Gasteiger partial charge in [0.1, 0.15) is 11.4 Å². The van der Waals surface area contributed by atoms with Crippen LogP contribution in [0.4, 0.5) is 0 Å². The molecule has 0 saturated heterocycles. The maximum Gasteiger partial charge on any atom is 0.227 e. The summed E-state index contributed by atoms with van der Waals surface area (Å²) in [7, 11) is 1.62. The summed E-state index contributed by atoms with van der Waals surface area (Å²) in [6.45, 7) is 2.34. The van der Waals surface area contributed by atoms with Crippen LogP contribution in [-0.2, 0) is 11.3 Å². The van der Waals surface area contributed by atoms with Crippen molar-refractivity contribution >= 4 is 5.91 Å². The van der Waals surface area contributed by atoms with E-state index in [1.54, 1.807) is 7.11 Å². The van der Waals surface area contributed by atoms with Gasteiger partial charge in [-0.05, 0) is 24.1 Å². The van der Waals surface area contributed by atoms with E-state index in [1.165, 1.54) is 0 Å². The van der Waals surface area contributed by atoms with E-state index in [0.717, 1.165) is 23.3 Å². The van der Waals surface area contributed by atoms with Crippen LogP contribution in [0.25, 0.3) is 11.3 Å². The van der Waals surface area contributed by atoms with Crippen LogP contribution in [0.15, 0.2) is 65.2 Å². The summed E-state index contributed by atoms with van der Waals surface area (Å²) in [5.41, 5.74) is 2.58. The Kier molecular flexibility index (Phi) is 5.69. The number of nitrogens with one attached hydrogen (secondary N) is 1. The number of methoxy groups -OCH3 is 1. The third-order valence-corrected chi connectivity index (χ3v) is 4.28. The van der Waals surface area contributed by atoms with Gasteiger partial charge in [-0.3, -0.25) is 4.79 Å². The lowest BCUT2D eigenvalue weighted by Crippen LogP contribution is -2.28. The zero-order valence-electron chi connectivity index (χ0n) is 14.9. The summed E-state index contributed by atoms with van der Waals surface area (Å²) in [5.74, 6) is 1.22. The number of hydrogen-bond donors (Lipinski definition) is 1. The maximum atomic E-state index is 12.5. The van der Waals surface area contributed by atoms with E-state index in [9.17, 15) is 4.79 Å². The monoisotopic (exact) mass is 350 g/mol. The van der Waals surface area contributed by atoms with Crippen molar-refractivity contribution in [1.82, 2.24) is 10.5 Å². The molecule has 1 heterocycles. The molecule has 26 heavy (non-hydrogen) atoms. The molecule has 3 aromatic rings. The molecule has 0 bridgehead atoms. The molecule has 134 valence electrons. The van der Waals surface area contributed by atoms with Crippen molar-refractivity contribution in [1.29, 1.82) is 0 Å². The fraction of sp³-hybridized carbons (Fsp3) is 0.238. The molecule has 1 N–H and O–H groups in total. The second-order valence-corrected chi connectivity index (χ2v) is 6.00. The summed E-state index contributed by atoms with van der Waals surface area (Å²) in [6.07, 6.45) is 0.740. The Morgan fingerprint density at radius 3 is 2.69 bits per heavy atom. The van der Waals surface area contributed by atoms with Crippen molar-refractivity contribution in [3.8, 4) is 17.1 Å². The number of carbonyl (C=O) groups is 1. The van der Waals surface area contributed by atoms with E-state index in [-0.39, 0.29) is 11.8 Å². The minimum absolute atomic E-state index is 0.00960. The fourth-order valence-corrected chi connectivity index (χ4v) is 2.87. The summed E-state index contributed by atoms with van der Waals surface area (Å²) in [4.78, 5) is 12.5. The van der Waals surface area contributed by atoms with Gasteiger partial charge in [-0.1, -0.05) is 54.5 Å². The quantitative estimate of drug-likeness (QED) is 0.695. The zero-order valence-corrected chi connectivity index (χ0v) is 14.9. The maximum absolute atomic E-state index is 12.5. The van der Waals surface area contributed by atoms with Crippen molar-refractivity contribution in [3.63, 3.8) is 0 Å². The van der Waals surface area contributed by atoms with Gasteiger partial charge in [0.05, 0.1) is 19.6 Å². The van der Waals surface area contributed by atoms with Crippen molar-refractivity contribution < 1.29 is 14.1 Å². The Hall–Kier alpha value is -3.08. The van der Waals surface area contributed by atoms with Gasteiger partial charge in [0, 0.05) is 11.6 Å². The summed E-state index contributed by atoms with van der Waals surface area (Å²) < 4.78 is 10.6. The molecule has 0 aliphatic heterocycles. The molecule has 0 saturated carbocycles. The highest BCUT2D eigenvalue weighted by Crippen LogP contribution is 2.24. The van der Waals surface area contributed by atoms with Crippen molar-refractivity contribution in [2.45, 2.75) is 25.8 Å². The number of hydrogen-bond acceptors (Lipinski definition) is 4. The first-order valence-corrected chi connectivity index (χ1v) is 8.64.